The Morgan fingerprint density at radius 2 is 1.85 bits per heavy atom. The van der Waals surface area contributed by atoms with E-state index in [1.165, 1.54) is 39.3 Å². The van der Waals surface area contributed by atoms with Crippen molar-refractivity contribution >= 4 is 0 Å². The normalized spacial score (nSPS) is 34.4. The molecular weight excluding hydrogens is 162 g/mol. The van der Waals surface area contributed by atoms with E-state index in [9.17, 15) is 0 Å². The van der Waals surface area contributed by atoms with Gasteiger partial charge in [0, 0.05) is 26.2 Å². The van der Waals surface area contributed by atoms with Gasteiger partial charge in [0.2, 0.25) is 0 Å². The lowest BCUT2D eigenvalue weighted by molar-refractivity contribution is 0.269. The van der Waals surface area contributed by atoms with Gasteiger partial charge < -0.3 is 15.1 Å². The summed E-state index contributed by atoms with van der Waals surface area (Å²) in [6.07, 6.45) is 0. The molecule has 0 aromatic rings. The van der Waals surface area contributed by atoms with Crippen molar-refractivity contribution in [3.8, 4) is 0 Å². The monoisotopic (exact) mass is 183 g/mol. The molecule has 2 heterocycles. The van der Waals surface area contributed by atoms with Crippen LogP contribution in [0.1, 0.15) is 0 Å². The van der Waals surface area contributed by atoms with E-state index in [4.69, 9.17) is 0 Å². The molecule has 0 aliphatic carbocycles. The smallest absolute Gasteiger partial charge is 0.0109 e. The maximum absolute atomic E-state index is 3.47. The van der Waals surface area contributed by atoms with Gasteiger partial charge in [-0.2, -0.15) is 0 Å². The van der Waals surface area contributed by atoms with Crippen molar-refractivity contribution in [2.45, 2.75) is 0 Å². The molecule has 0 amide bonds. The minimum Gasteiger partial charge on any atom is -0.316 e. The van der Waals surface area contributed by atoms with Crippen molar-refractivity contribution in [1.29, 1.82) is 0 Å². The fraction of sp³-hybridized carbons (Fsp3) is 1.00. The summed E-state index contributed by atoms with van der Waals surface area (Å²) >= 11 is 0. The molecule has 2 aliphatic rings. The highest BCUT2D eigenvalue weighted by atomic mass is 15.2. The number of likely N-dealkylation sites (tertiary alicyclic amines) is 1. The number of nitrogens with one attached hydrogen (secondary N) is 1. The third-order valence-corrected chi connectivity index (χ3v) is 3.33. The maximum Gasteiger partial charge on any atom is 0.0109 e. The molecule has 1 N–H and O–H groups in total. The van der Waals surface area contributed by atoms with E-state index in [0.717, 1.165) is 11.8 Å². The van der Waals surface area contributed by atoms with Crippen molar-refractivity contribution in [2.24, 2.45) is 11.8 Å². The Morgan fingerprint density at radius 3 is 2.38 bits per heavy atom. The van der Waals surface area contributed by atoms with Crippen LogP contribution < -0.4 is 5.32 Å². The van der Waals surface area contributed by atoms with Crippen molar-refractivity contribution in [1.82, 2.24) is 15.1 Å². The lowest BCUT2D eigenvalue weighted by Gasteiger charge is -2.19. The molecule has 2 fully saturated rings. The summed E-state index contributed by atoms with van der Waals surface area (Å²) in [6.45, 7) is 7.61. The summed E-state index contributed by atoms with van der Waals surface area (Å²) in [5, 5.41) is 3.47. The largest absolute Gasteiger partial charge is 0.316 e. The van der Waals surface area contributed by atoms with Gasteiger partial charge in [0.15, 0.2) is 0 Å². The first kappa shape index (κ1) is 9.44. The Morgan fingerprint density at radius 1 is 1.23 bits per heavy atom. The lowest BCUT2D eigenvalue weighted by Crippen LogP contribution is -2.32. The highest BCUT2D eigenvalue weighted by Crippen LogP contribution is 2.25. The van der Waals surface area contributed by atoms with Crippen molar-refractivity contribution in [3.05, 3.63) is 0 Å². The third kappa shape index (κ3) is 2.22. The average molecular weight is 183 g/mol. The van der Waals surface area contributed by atoms with E-state index < -0.39 is 0 Å². The Labute approximate surface area is 81.1 Å². The van der Waals surface area contributed by atoms with Gasteiger partial charge in [-0.25, -0.2) is 0 Å². The minimum absolute atomic E-state index is 0.946. The van der Waals surface area contributed by atoms with Crippen LogP contribution >= 0.6 is 0 Å². The first-order valence-corrected chi connectivity index (χ1v) is 5.33. The molecule has 76 valence electrons. The topological polar surface area (TPSA) is 18.5 Å². The highest BCUT2D eigenvalue weighted by molar-refractivity contribution is 4.91. The summed E-state index contributed by atoms with van der Waals surface area (Å²) in [7, 11) is 4.30. The van der Waals surface area contributed by atoms with Gasteiger partial charge >= 0.3 is 0 Å². The van der Waals surface area contributed by atoms with E-state index in [1.54, 1.807) is 0 Å². The van der Waals surface area contributed by atoms with Crippen molar-refractivity contribution < 1.29 is 0 Å². The summed E-state index contributed by atoms with van der Waals surface area (Å²) in [4.78, 5) is 4.89. The Bertz CT molecular complexity index is 158. The zero-order chi connectivity index (χ0) is 9.26. The van der Waals surface area contributed by atoms with Gasteiger partial charge in [-0.1, -0.05) is 0 Å². The molecule has 0 bridgehead atoms. The van der Waals surface area contributed by atoms with E-state index in [-0.39, 0.29) is 0 Å². The summed E-state index contributed by atoms with van der Waals surface area (Å²) in [6, 6.07) is 0. The molecule has 2 aliphatic heterocycles. The first-order valence-electron chi connectivity index (χ1n) is 5.33. The van der Waals surface area contributed by atoms with Crippen LogP contribution in [0, 0.1) is 11.8 Å². The van der Waals surface area contributed by atoms with Crippen LogP contribution in [0.4, 0.5) is 0 Å². The predicted octanol–water partition coefficient (Wildman–Crippen LogP) is -0.301. The number of rotatable bonds is 3. The number of hydrogen-bond acceptors (Lipinski definition) is 3. The molecule has 2 saturated heterocycles. The van der Waals surface area contributed by atoms with Gasteiger partial charge in [-0.15, -0.1) is 0 Å². The van der Waals surface area contributed by atoms with Crippen LogP contribution in [0.2, 0.25) is 0 Å². The second kappa shape index (κ2) is 3.95. The SMILES string of the molecule is CN(C)CCN1CC2CNCC2C1. The molecule has 0 spiro atoms. The van der Waals surface area contributed by atoms with Crippen molar-refractivity contribution in [3.63, 3.8) is 0 Å². The zero-order valence-electron chi connectivity index (χ0n) is 8.79. The molecule has 0 saturated carbocycles. The van der Waals surface area contributed by atoms with Crippen LogP contribution in [0.5, 0.6) is 0 Å². The van der Waals surface area contributed by atoms with Gasteiger partial charge in [0.25, 0.3) is 0 Å². The molecule has 2 rings (SSSR count). The molecule has 13 heavy (non-hydrogen) atoms. The van der Waals surface area contributed by atoms with Crippen molar-refractivity contribution in [2.75, 3.05) is 53.4 Å². The van der Waals surface area contributed by atoms with E-state index in [2.05, 4.69) is 29.2 Å². The fourth-order valence-electron chi connectivity index (χ4n) is 2.48. The zero-order valence-corrected chi connectivity index (χ0v) is 8.79. The van der Waals surface area contributed by atoms with E-state index >= 15 is 0 Å². The Hall–Kier alpha value is -0.120. The van der Waals surface area contributed by atoms with Crippen LogP contribution in [-0.4, -0.2) is 63.2 Å². The molecule has 3 nitrogen and oxygen atoms in total. The third-order valence-electron chi connectivity index (χ3n) is 3.33. The molecule has 0 aromatic heterocycles. The van der Waals surface area contributed by atoms with Gasteiger partial charge in [-0.3, -0.25) is 0 Å². The highest BCUT2D eigenvalue weighted by Gasteiger charge is 2.35. The predicted molar refractivity (Wildman–Crippen MR) is 54.8 cm³/mol. The quantitative estimate of drug-likeness (QED) is 0.648. The van der Waals surface area contributed by atoms with Gasteiger partial charge in [0.05, 0.1) is 0 Å². The molecule has 0 radical (unpaired) electrons. The maximum atomic E-state index is 3.47. The first-order chi connectivity index (χ1) is 6.25. The summed E-state index contributed by atoms with van der Waals surface area (Å²) in [5.41, 5.74) is 0. The lowest BCUT2D eigenvalue weighted by atomic mass is 10.0. The molecule has 0 aromatic carbocycles. The Kier molecular flexibility index (Phi) is 2.86. The number of hydrogen-bond donors (Lipinski definition) is 1. The van der Waals surface area contributed by atoms with E-state index in [0.29, 0.717) is 0 Å². The molecule has 2 unspecified atom stereocenters. The summed E-state index contributed by atoms with van der Waals surface area (Å²) in [5.74, 6) is 1.89. The minimum atomic E-state index is 0.946. The van der Waals surface area contributed by atoms with Crippen LogP contribution in [0.15, 0.2) is 0 Å². The number of likely N-dealkylation sites (N-methyl/N-ethyl adjacent to an activating group) is 1. The second-order valence-electron chi connectivity index (χ2n) is 4.74. The van der Waals surface area contributed by atoms with Crippen LogP contribution in [-0.2, 0) is 0 Å². The van der Waals surface area contributed by atoms with E-state index in [1.807, 2.05) is 0 Å². The van der Waals surface area contributed by atoms with Gasteiger partial charge in [0.1, 0.15) is 0 Å². The molecular formula is C10H21N3. The average Bonchev–Trinajstić information content (AvgIpc) is 2.58. The second-order valence-corrected chi connectivity index (χ2v) is 4.74. The van der Waals surface area contributed by atoms with Crippen LogP contribution in [0.25, 0.3) is 0 Å². The fourth-order valence-corrected chi connectivity index (χ4v) is 2.48. The number of fused-ring (bicyclic) bond motifs is 1. The van der Waals surface area contributed by atoms with Crippen LogP contribution in [0.3, 0.4) is 0 Å². The molecule has 2 atom stereocenters. The number of nitrogens with zero attached hydrogens (tertiary/aromatic N) is 2. The standard InChI is InChI=1S/C10H21N3/c1-12(2)3-4-13-7-9-5-11-6-10(9)8-13/h9-11H,3-8H2,1-2H3. The van der Waals surface area contributed by atoms with Gasteiger partial charge in [-0.05, 0) is 39.0 Å². The Balaban J connectivity index is 1.73. The summed E-state index contributed by atoms with van der Waals surface area (Å²) < 4.78 is 0. The molecule has 3 heteroatoms.